The Bertz CT molecular complexity index is 464. The molecule has 1 fully saturated rings. The molecule has 0 amide bonds. The van der Waals surface area contributed by atoms with Crippen molar-refractivity contribution in [3.8, 4) is 6.07 Å². The van der Waals surface area contributed by atoms with Crippen LogP contribution in [-0.2, 0) is 4.74 Å². The Balaban J connectivity index is 2.20. The second-order valence-corrected chi connectivity index (χ2v) is 5.51. The molecule has 1 heterocycles. The Kier molecular flexibility index (Phi) is 4.18. The van der Waals surface area contributed by atoms with Crippen LogP contribution in [0.3, 0.4) is 0 Å². The van der Waals surface area contributed by atoms with Gasteiger partial charge in [0.05, 0.1) is 24.7 Å². The second-order valence-electron chi connectivity index (χ2n) is 5.51. The maximum Gasteiger partial charge on any atom is 0.123 e. The number of hydrogen-bond donors (Lipinski definition) is 0. The highest BCUT2D eigenvalue weighted by Gasteiger charge is 2.31. The Labute approximate surface area is 113 Å². The van der Waals surface area contributed by atoms with Crippen molar-refractivity contribution in [1.82, 2.24) is 4.90 Å². The molecule has 1 saturated heterocycles. The van der Waals surface area contributed by atoms with Crippen LogP contribution in [0.5, 0.6) is 0 Å². The molecule has 0 bridgehead atoms. The predicted molar refractivity (Wildman–Crippen MR) is 71.0 cm³/mol. The van der Waals surface area contributed by atoms with Crippen LogP contribution in [0.2, 0.25) is 0 Å². The molecule has 19 heavy (non-hydrogen) atoms. The molecule has 2 rings (SSSR count). The average molecular weight is 262 g/mol. The van der Waals surface area contributed by atoms with Crippen molar-refractivity contribution in [3.63, 3.8) is 0 Å². The largest absolute Gasteiger partial charge is 0.373 e. The van der Waals surface area contributed by atoms with E-state index >= 15 is 0 Å². The first kappa shape index (κ1) is 14.0. The molecule has 1 aromatic rings. The molecule has 0 aromatic heterocycles. The van der Waals surface area contributed by atoms with Crippen LogP contribution < -0.4 is 0 Å². The summed E-state index contributed by atoms with van der Waals surface area (Å²) in [5, 5.41) is 9.03. The van der Waals surface area contributed by atoms with Crippen molar-refractivity contribution in [1.29, 1.82) is 5.26 Å². The van der Waals surface area contributed by atoms with Crippen molar-refractivity contribution >= 4 is 0 Å². The molecule has 0 saturated carbocycles. The minimum Gasteiger partial charge on any atom is -0.373 e. The number of ether oxygens (including phenoxy) is 1. The lowest BCUT2D eigenvalue weighted by Gasteiger charge is -2.41. The molecule has 3 nitrogen and oxygen atoms in total. The molecule has 1 aliphatic rings. The van der Waals surface area contributed by atoms with Crippen molar-refractivity contribution in [2.75, 3.05) is 19.7 Å². The Morgan fingerprint density at radius 1 is 1.42 bits per heavy atom. The fourth-order valence-electron chi connectivity index (χ4n) is 2.55. The van der Waals surface area contributed by atoms with Crippen molar-refractivity contribution in [2.24, 2.45) is 0 Å². The highest BCUT2D eigenvalue weighted by Crippen LogP contribution is 2.29. The number of benzene rings is 1. The number of nitriles is 1. The third-order valence-corrected chi connectivity index (χ3v) is 3.44. The first-order valence-corrected chi connectivity index (χ1v) is 6.52. The van der Waals surface area contributed by atoms with Crippen LogP contribution in [0.15, 0.2) is 24.3 Å². The van der Waals surface area contributed by atoms with E-state index in [2.05, 4.69) is 11.0 Å². The first-order chi connectivity index (χ1) is 9.02. The lowest BCUT2D eigenvalue weighted by Crippen LogP contribution is -2.49. The topological polar surface area (TPSA) is 36.3 Å². The summed E-state index contributed by atoms with van der Waals surface area (Å²) in [5.74, 6) is -0.248. The Morgan fingerprint density at radius 2 is 2.11 bits per heavy atom. The van der Waals surface area contributed by atoms with Crippen LogP contribution in [0.25, 0.3) is 0 Å². The molecule has 4 heteroatoms. The van der Waals surface area contributed by atoms with Gasteiger partial charge in [-0.25, -0.2) is 4.39 Å². The molecule has 0 radical (unpaired) electrons. The van der Waals surface area contributed by atoms with Gasteiger partial charge in [0.2, 0.25) is 0 Å². The summed E-state index contributed by atoms with van der Waals surface area (Å²) in [6.45, 7) is 6.33. The van der Waals surface area contributed by atoms with E-state index in [4.69, 9.17) is 10.00 Å². The van der Waals surface area contributed by atoms with Gasteiger partial charge < -0.3 is 4.74 Å². The minimum atomic E-state index is -0.248. The minimum absolute atomic E-state index is 0.00812. The number of hydrogen-bond acceptors (Lipinski definition) is 3. The lowest BCUT2D eigenvalue weighted by molar-refractivity contribution is -0.0972. The van der Waals surface area contributed by atoms with Crippen LogP contribution in [0.1, 0.15) is 31.9 Å². The molecule has 0 spiro atoms. The lowest BCUT2D eigenvalue weighted by atomic mass is 9.99. The van der Waals surface area contributed by atoms with E-state index in [0.717, 1.165) is 18.7 Å². The third kappa shape index (κ3) is 3.52. The van der Waals surface area contributed by atoms with Gasteiger partial charge in [-0.05, 0) is 31.5 Å². The smallest absolute Gasteiger partial charge is 0.123 e. The van der Waals surface area contributed by atoms with Gasteiger partial charge in [0.25, 0.3) is 0 Å². The highest BCUT2D eigenvalue weighted by molar-refractivity contribution is 5.21. The standard InChI is InChI=1S/C15H19FN2O/c1-15(2)11-18(9-10-19-15)14(7-8-17)12-3-5-13(16)6-4-12/h3-6,14H,7,9-11H2,1-2H3. The zero-order chi connectivity index (χ0) is 13.9. The molecule has 0 N–H and O–H groups in total. The van der Waals surface area contributed by atoms with Gasteiger partial charge in [-0.3, -0.25) is 4.90 Å². The molecule has 1 unspecified atom stereocenters. The Hall–Kier alpha value is -1.44. The molecule has 102 valence electrons. The van der Waals surface area contributed by atoms with Gasteiger partial charge in [-0.15, -0.1) is 0 Å². The van der Waals surface area contributed by atoms with Crippen LogP contribution in [-0.4, -0.2) is 30.2 Å². The van der Waals surface area contributed by atoms with Gasteiger partial charge in [0.15, 0.2) is 0 Å². The monoisotopic (exact) mass is 262 g/mol. The molecule has 1 aliphatic heterocycles. The molecule has 1 aromatic carbocycles. The Morgan fingerprint density at radius 3 is 2.68 bits per heavy atom. The third-order valence-electron chi connectivity index (χ3n) is 3.44. The zero-order valence-corrected chi connectivity index (χ0v) is 11.4. The zero-order valence-electron chi connectivity index (χ0n) is 11.4. The van der Waals surface area contributed by atoms with Crippen molar-refractivity contribution in [2.45, 2.75) is 31.9 Å². The number of rotatable bonds is 3. The van der Waals surface area contributed by atoms with E-state index in [1.165, 1.54) is 12.1 Å². The van der Waals surface area contributed by atoms with Gasteiger partial charge in [-0.2, -0.15) is 5.26 Å². The van der Waals surface area contributed by atoms with E-state index < -0.39 is 0 Å². The highest BCUT2D eigenvalue weighted by atomic mass is 19.1. The summed E-state index contributed by atoms with van der Waals surface area (Å²) < 4.78 is 18.7. The SMILES string of the molecule is CC1(C)CN(C(CC#N)c2ccc(F)cc2)CCO1. The van der Waals surface area contributed by atoms with Gasteiger partial charge in [0, 0.05) is 19.1 Å². The van der Waals surface area contributed by atoms with E-state index in [1.807, 2.05) is 13.8 Å². The average Bonchev–Trinajstić information content (AvgIpc) is 2.36. The fourth-order valence-corrected chi connectivity index (χ4v) is 2.55. The number of morpholine rings is 1. The molecule has 0 aliphatic carbocycles. The normalized spacial score (nSPS) is 20.7. The maximum atomic E-state index is 13.0. The number of halogens is 1. The maximum absolute atomic E-state index is 13.0. The van der Waals surface area contributed by atoms with Crippen molar-refractivity contribution < 1.29 is 9.13 Å². The van der Waals surface area contributed by atoms with E-state index in [-0.39, 0.29) is 17.5 Å². The van der Waals surface area contributed by atoms with Crippen LogP contribution >= 0.6 is 0 Å². The van der Waals surface area contributed by atoms with Crippen LogP contribution in [0, 0.1) is 17.1 Å². The van der Waals surface area contributed by atoms with Gasteiger partial charge >= 0.3 is 0 Å². The summed E-state index contributed by atoms with van der Waals surface area (Å²) in [5.41, 5.74) is 0.784. The first-order valence-electron chi connectivity index (χ1n) is 6.52. The van der Waals surface area contributed by atoms with Crippen molar-refractivity contribution in [3.05, 3.63) is 35.6 Å². The van der Waals surface area contributed by atoms with Gasteiger partial charge in [-0.1, -0.05) is 12.1 Å². The van der Waals surface area contributed by atoms with E-state index in [1.54, 1.807) is 12.1 Å². The summed E-state index contributed by atoms with van der Waals surface area (Å²) >= 11 is 0. The van der Waals surface area contributed by atoms with E-state index in [9.17, 15) is 4.39 Å². The molecule has 1 atom stereocenters. The molecular weight excluding hydrogens is 243 g/mol. The summed E-state index contributed by atoms with van der Waals surface area (Å²) in [6, 6.07) is 8.66. The fraction of sp³-hybridized carbons (Fsp3) is 0.533. The quantitative estimate of drug-likeness (QED) is 0.840. The van der Waals surface area contributed by atoms with E-state index in [0.29, 0.717) is 13.0 Å². The summed E-state index contributed by atoms with van der Waals surface area (Å²) in [7, 11) is 0. The summed E-state index contributed by atoms with van der Waals surface area (Å²) in [4.78, 5) is 2.25. The van der Waals surface area contributed by atoms with Gasteiger partial charge in [0.1, 0.15) is 5.82 Å². The predicted octanol–water partition coefficient (Wildman–Crippen LogP) is 2.89. The van der Waals surface area contributed by atoms with Crippen LogP contribution in [0.4, 0.5) is 4.39 Å². The molecular formula is C15H19FN2O. The second kappa shape index (κ2) is 5.68. The number of nitrogens with zero attached hydrogens (tertiary/aromatic N) is 2. The summed E-state index contributed by atoms with van der Waals surface area (Å²) in [6.07, 6.45) is 0.404.